The maximum atomic E-state index is 12.5. The van der Waals surface area contributed by atoms with E-state index in [1.807, 2.05) is 48.5 Å². The Labute approximate surface area is 128 Å². The molecule has 0 saturated carbocycles. The predicted octanol–water partition coefficient (Wildman–Crippen LogP) is 3.45. The van der Waals surface area contributed by atoms with Gasteiger partial charge in [0.25, 0.3) is 5.91 Å². The van der Waals surface area contributed by atoms with Crippen molar-refractivity contribution in [1.82, 2.24) is 0 Å². The van der Waals surface area contributed by atoms with Crippen LogP contribution in [-0.4, -0.2) is 12.7 Å². The summed E-state index contributed by atoms with van der Waals surface area (Å²) in [5, 5.41) is 0. The lowest BCUT2D eigenvalue weighted by atomic mass is 10.0. The highest BCUT2D eigenvalue weighted by Crippen LogP contribution is 2.42. The zero-order valence-corrected chi connectivity index (χ0v) is 12.0. The number of hydrogen-bond acceptors (Lipinski definition) is 3. The fourth-order valence-electron chi connectivity index (χ4n) is 3.00. The van der Waals surface area contributed by atoms with Crippen LogP contribution < -0.4 is 14.4 Å². The van der Waals surface area contributed by atoms with E-state index in [0.717, 1.165) is 22.7 Å². The van der Waals surface area contributed by atoms with Crippen LogP contribution in [0, 0.1) is 0 Å². The number of ether oxygens (including phenoxy) is 2. The molecule has 1 saturated heterocycles. The highest BCUT2D eigenvalue weighted by Gasteiger charge is 2.36. The maximum absolute atomic E-state index is 12.5. The van der Waals surface area contributed by atoms with Gasteiger partial charge in [0.1, 0.15) is 0 Å². The monoisotopic (exact) mass is 293 g/mol. The lowest BCUT2D eigenvalue weighted by Gasteiger charge is -2.25. The van der Waals surface area contributed by atoms with Gasteiger partial charge < -0.3 is 14.4 Å². The van der Waals surface area contributed by atoms with Gasteiger partial charge in [-0.2, -0.15) is 0 Å². The van der Waals surface area contributed by atoms with Gasteiger partial charge in [-0.1, -0.05) is 30.8 Å². The number of amides is 1. The number of rotatable bonds is 2. The average Bonchev–Trinajstić information content (AvgIpc) is 3.13. The molecule has 1 atom stereocenters. The highest BCUT2D eigenvalue weighted by atomic mass is 16.7. The molecular formula is C18H15NO3. The van der Waals surface area contributed by atoms with Crippen LogP contribution in [0.2, 0.25) is 0 Å². The van der Waals surface area contributed by atoms with Gasteiger partial charge >= 0.3 is 0 Å². The standard InChI is InChI=1S/C18H15NO3/c1-12-9-15(13-7-8-16-17(10-13)22-11-21-16)19(18(12)20)14-5-3-2-4-6-14/h2-8,10,15H,1,9,11H2. The first-order valence-corrected chi connectivity index (χ1v) is 7.20. The minimum absolute atomic E-state index is 0.0196. The molecule has 2 aliphatic heterocycles. The van der Waals surface area contributed by atoms with E-state index in [4.69, 9.17) is 9.47 Å². The molecule has 1 amide bonds. The summed E-state index contributed by atoms with van der Waals surface area (Å²) in [6.07, 6.45) is 0.618. The minimum Gasteiger partial charge on any atom is -0.454 e. The summed E-state index contributed by atoms with van der Waals surface area (Å²) in [4.78, 5) is 14.3. The van der Waals surface area contributed by atoms with Gasteiger partial charge in [0.2, 0.25) is 6.79 Å². The lowest BCUT2D eigenvalue weighted by molar-refractivity contribution is -0.114. The third-order valence-corrected chi connectivity index (χ3v) is 4.09. The Balaban J connectivity index is 1.76. The van der Waals surface area contributed by atoms with Crippen molar-refractivity contribution in [3.63, 3.8) is 0 Å². The summed E-state index contributed by atoms with van der Waals surface area (Å²) in [6, 6.07) is 15.5. The number of carbonyl (C=O) groups is 1. The van der Waals surface area contributed by atoms with Gasteiger partial charge in [-0.05, 0) is 29.8 Å². The number of hydrogen-bond donors (Lipinski definition) is 0. The van der Waals surface area contributed by atoms with Crippen molar-refractivity contribution in [3.8, 4) is 11.5 Å². The van der Waals surface area contributed by atoms with E-state index in [2.05, 4.69) is 6.58 Å². The summed E-state index contributed by atoms with van der Waals surface area (Å²) in [7, 11) is 0. The van der Waals surface area contributed by atoms with Crippen molar-refractivity contribution in [2.45, 2.75) is 12.5 Å². The van der Waals surface area contributed by atoms with Crippen LogP contribution in [0.5, 0.6) is 11.5 Å². The number of fused-ring (bicyclic) bond motifs is 1. The molecule has 2 aromatic carbocycles. The van der Waals surface area contributed by atoms with Crippen LogP contribution in [0.3, 0.4) is 0 Å². The van der Waals surface area contributed by atoms with Crippen LogP contribution in [0.25, 0.3) is 0 Å². The smallest absolute Gasteiger partial charge is 0.254 e. The summed E-state index contributed by atoms with van der Waals surface area (Å²) in [6.45, 7) is 4.16. The number of benzene rings is 2. The van der Waals surface area contributed by atoms with Gasteiger partial charge in [0.05, 0.1) is 6.04 Å². The minimum atomic E-state index is -0.0584. The number of para-hydroxylation sites is 1. The quantitative estimate of drug-likeness (QED) is 0.796. The van der Waals surface area contributed by atoms with E-state index >= 15 is 0 Å². The molecule has 2 aliphatic rings. The van der Waals surface area contributed by atoms with Gasteiger partial charge in [0, 0.05) is 17.7 Å². The molecule has 1 unspecified atom stereocenters. The molecule has 4 heteroatoms. The van der Waals surface area contributed by atoms with Gasteiger partial charge in [-0.25, -0.2) is 0 Å². The Morgan fingerprint density at radius 3 is 2.64 bits per heavy atom. The molecule has 0 aliphatic carbocycles. The lowest BCUT2D eigenvalue weighted by Crippen LogP contribution is -2.27. The Kier molecular flexibility index (Phi) is 2.89. The second-order valence-corrected chi connectivity index (χ2v) is 5.45. The summed E-state index contributed by atoms with van der Waals surface area (Å²) < 4.78 is 10.8. The normalized spacial score (nSPS) is 19.8. The first-order valence-electron chi connectivity index (χ1n) is 7.20. The molecule has 22 heavy (non-hydrogen) atoms. The zero-order chi connectivity index (χ0) is 15.1. The zero-order valence-electron chi connectivity index (χ0n) is 12.0. The number of nitrogens with zero attached hydrogens (tertiary/aromatic N) is 1. The maximum Gasteiger partial charge on any atom is 0.254 e. The molecule has 0 spiro atoms. The van der Waals surface area contributed by atoms with E-state index < -0.39 is 0 Å². The second-order valence-electron chi connectivity index (χ2n) is 5.45. The Hall–Kier alpha value is -2.75. The Morgan fingerprint density at radius 2 is 1.82 bits per heavy atom. The molecule has 2 aromatic rings. The van der Waals surface area contributed by atoms with Gasteiger partial charge in [0.15, 0.2) is 11.5 Å². The van der Waals surface area contributed by atoms with Crippen LogP contribution in [0.15, 0.2) is 60.7 Å². The van der Waals surface area contributed by atoms with Crippen molar-refractivity contribution in [2.75, 3.05) is 11.7 Å². The SMILES string of the molecule is C=C1CC(c2ccc3c(c2)OCO3)N(c2ccccc2)C1=O. The van der Waals surface area contributed by atoms with Gasteiger partial charge in [-0.15, -0.1) is 0 Å². The second kappa shape index (κ2) is 4.91. The van der Waals surface area contributed by atoms with Crippen molar-refractivity contribution < 1.29 is 14.3 Å². The molecule has 0 aromatic heterocycles. The third-order valence-electron chi connectivity index (χ3n) is 4.09. The fraction of sp³-hybridized carbons (Fsp3) is 0.167. The summed E-state index contributed by atoms with van der Waals surface area (Å²) in [5.41, 5.74) is 2.54. The largest absolute Gasteiger partial charge is 0.454 e. The van der Waals surface area contributed by atoms with Crippen LogP contribution >= 0.6 is 0 Å². The van der Waals surface area contributed by atoms with Gasteiger partial charge in [-0.3, -0.25) is 4.79 Å². The van der Waals surface area contributed by atoms with Crippen LogP contribution in [0.1, 0.15) is 18.0 Å². The van der Waals surface area contributed by atoms with E-state index in [9.17, 15) is 4.79 Å². The van der Waals surface area contributed by atoms with Crippen molar-refractivity contribution in [1.29, 1.82) is 0 Å². The first kappa shape index (κ1) is 13.0. The molecule has 110 valence electrons. The number of carbonyl (C=O) groups excluding carboxylic acids is 1. The predicted molar refractivity (Wildman–Crippen MR) is 83.0 cm³/mol. The van der Waals surface area contributed by atoms with E-state index in [1.54, 1.807) is 4.90 Å². The highest BCUT2D eigenvalue weighted by molar-refractivity contribution is 6.08. The van der Waals surface area contributed by atoms with E-state index in [-0.39, 0.29) is 18.7 Å². The van der Waals surface area contributed by atoms with Crippen LogP contribution in [0.4, 0.5) is 5.69 Å². The average molecular weight is 293 g/mol. The first-order chi connectivity index (χ1) is 10.7. The van der Waals surface area contributed by atoms with Crippen molar-refractivity contribution in [3.05, 3.63) is 66.2 Å². The molecule has 4 rings (SSSR count). The molecule has 0 bridgehead atoms. The third kappa shape index (κ3) is 1.96. The van der Waals surface area contributed by atoms with Crippen molar-refractivity contribution >= 4 is 11.6 Å². The molecule has 0 N–H and O–H groups in total. The Morgan fingerprint density at radius 1 is 1.05 bits per heavy atom. The molecule has 4 nitrogen and oxygen atoms in total. The molecule has 1 fully saturated rings. The van der Waals surface area contributed by atoms with Crippen LogP contribution in [-0.2, 0) is 4.79 Å². The van der Waals surface area contributed by atoms with E-state index in [0.29, 0.717) is 12.0 Å². The fourth-order valence-corrected chi connectivity index (χ4v) is 3.00. The topological polar surface area (TPSA) is 38.8 Å². The molecule has 0 radical (unpaired) electrons. The van der Waals surface area contributed by atoms with Crippen molar-refractivity contribution in [2.24, 2.45) is 0 Å². The van der Waals surface area contributed by atoms with E-state index in [1.165, 1.54) is 0 Å². The Bertz CT molecular complexity index is 754. The molecular weight excluding hydrogens is 278 g/mol. The molecule has 2 heterocycles. The summed E-state index contributed by atoms with van der Waals surface area (Å²) in [5.74, 6) is 1.46. The summed E-state index contributed by atoms with van der Waals surface area (Å²) >= 11 is 0. The number of anilines is 1.